The number of hydrogen-bond donors (Lipinski definition) is 0. The van der Waals surface area contributed by atoms with Crippen LogP contribution in [-0.4, -0.2) is 15.0 Å². The Balaban J connectivity index is 1.20. The van der Waals surface area contributed by atoms with E-state index < -0.39 is 7.14 Å². The molecule has 1 aliphatic carbocycles. The summed E-state index contributed by atoms with van der Waals surface area (Å²) >= 11 is 0. The Morgan fingerprint density at radius 1 is 0.500 bits per heavy atom. The summed E-state index contributed by atoms with van der Waals surface area (Å²) in [6.07, 6.45) is 0. The van der Waals surface area contributed by atoms with Gasteiger partial charge in [0.05, 0.1) is 10.6 Å². The van der Waals surface area contributed by atoms with E-state index >= 15 is 4.57 Å². The second kappa shape index (κ2) is 10.7. The van der Waals surface area contributed by atoms with Crippen molar-refractivity contribution in [3.63, 3.8) is 0 Å². The molecule has 0 fully saturated rings. The predicted molar refractivity (Wildman–Crippen MR) is 193 cm³/mol. The van der Waals surface area contributed by atoms with Crippen molar-refractivity contribution >= 4 is 23.1 Å². The van der Waals surface area contributed by atoms with Crippen molar-refractivity contribution in [2.75, 3.05) is 0 Å². The highest BCUT2D eigenvalue weighted by molar-refractivity contribution is 7.85. The summed E-state index contributed by atoms with van der Waals surface area (Å²) in [6.45, 7) is 4.47. The molecule has 9 rings (SSSR count). The van der Waals surface area contributed by atoms with E-state index in [0.717, 1.165) is 54.9 Å². The Kier molecular flexibility index (Phi) is 6.37. The van der Waals surface area contributed by atoms with Gasteiger partial charge in [-0.15, -0.1) is 0 Å². The first kappa shape index (κ1) is 28.6. The average Bonchev–Trinajstić information content (AvgIpc) is 3.36. The molecular weight excluding hydrogens is 609 g/mol. The standard InChI is InChI=1S/C42H30N3O2P/c1-42(2)33-24-29(41-44-39(27-14-6-3-7-15-27)43-40(45-41)28-16-8-4-9-17-28)22-23-31(33)32-25-36-38(26-34(32)42)48(46,30-18-10-5-11-19-30)37-21-13-12-20-35(37)47-36/h3-26H,1-2H3. The first-order valence-corrected chi connectivity index (χ1v) is 17.8. The fourth-order valence-electron chi connectivity index (χ4n) is 7.12. The van der Waals surface area contributed by atoms with Crippen LogP contribution in [0.15, 0.2) is 146 Å². The van der Waals surface area contributed by atoms with Crippen LogP contribution in [0.2, 0.25) is 0 Å². The monoisotopic (exact) mass is 639 g/mol. The maximum absolute atomic E-state index is 15.4. The summed E-state index contributed by atoms with van der Waals surface area (Å²) in [4.78, 5) is 14.8. The van der Waals surface area contributed by atoms with Gasteiger partial charge in [-0.25, -0.2) is 15.0 Å². The van der Waals surface area contributed by atoms with Crippen molar-refractivity contribution < 1.29 is 9.30 Å². The van der Waals surface area contributed by atoms with Crippen LogP contribution in [-0.2, 0) is 9.98 Å². The molecule has 1 aliphatic heterocycles. The molecule has 0 radical (unpaired) electrons. The summed E-state index contributed by atoms with van der Waals surface area (Å²) in [5, 5.41) is 2.28. The normalized spacial score (nSPS) is 16.6. The molecule has 0 bridgehead atoms. The minimum atomic E-state index is -3.21. The maximum Gasteiger partial charge on any atom is 0.178 e. The SMILES string of the molecule is CC1(C)c2cc(-c3nc(-c4ccccc4)nc(-c4ccccc4)n3)ccc2-c2cc3c(cc21)P(=O)(c1ccccc1)c1ccccc1O3. The Morgan fingerprint density at radius 2 is 1.04 bits per heavy atom. The van der Waals surface area contributed by atoms with Crippen LogP contribution < -0.4 is 20.7 Å². The van der Waals surface area contributed by atoms with E-state index in [1.54, 1.807) is 0 Å². The molecule has 6 aromatic carbocycles. The third-order valence-corrected chi connectivity index (χ3v) is 12.7. The van der Waals surface area contributed by atoms with Crippen molar-refractivity contribution in [1.29, 1.82) is 0 Å². The van der Waals surface area contributed by atoms with Crippen LogP contribution in [0.25, 0.3) is 45.3 Å². The molecular formula is C42H30N3O2P. The quantitative estimate of drug-likeness (QED) is 0.180. The molecule has 0 saturated heterocycles. The van der Waals surface area contributed by atoms with Crippen LogP contribution in [0.5, 0.6) is 11.5 Å². The third-order valence-electron chi connectivity index (χ3n) is 9.60. The highest BCUT2D eigenvalue weighted by Crippen LogP contribution is 2.56. The summed E-state index contributed by atoms with van der Waals surface area (Å²) in [5.41, 5.74) is 6.89. The number of benzene rings is 6. The molecule has 6 heteroatoms. The molecule has 2 heterocycles. The lowest BCUT2D eigenvalue weighted by molar-refractivity contribution is 0.485. The summed E-state index contributed by atoms with van der Waals surface area (Å²) in [5.74, 6) is 3.16. The Bertz CT molecular complexity index is 2370. The molecule has 7 aromatic rings. The number of aromatic nitrogens is 3. The first-order chi connectivity index (χ1) is 23.4. The van der Waals surface area contributed by atoms with E-state index in [2.05, 4.69) is 44.2 Å². The van der Waals surface area contributed by atoms with Gasteiger partial charge in [0.2, 0.25) is 0 Å². The smallest absolute Gasteiger partial charge is 0.178 e. The minimum absolute atomic E-state index is 0.383. The van der Waals surface area contributed by atoms with Crippen molar-refractivity contribution in [3.8, 4) is 56.8 Å². The number of ether oxygens (including phenoxy) is 1. The molecule has 5 nitrogen and oxygen atoms in total. The minimum Gasteiger partial charge on any atom is -0.456 e. The molecule has 230 valence electrons. The zero-order chi connectivity index (χ0) is 32.5. The predicted octanol–water partition coefficient (Wildman–Crippen LogP) is 8.92. The number of nitrogens with zero attached hydrogens (tertiary/aromatic N) is 3. The van der Waals surface area contributed by atoms with Crippen molar-refractivity contribution in [1.82, 2.24) is 15.0 Å². The van der Waals surface area contributed by atoms with Crippen LogP contribution in [0.1, 0.15) is 25.0 Å². The summed E-state index contributed by atoms with van der Waals surface area (Å²) < 4.78 is 21.9. The molecule has 1 aromatic heterocycles. The van der Waals surface area contributed by atoms with Crippen LogP contribution in [0.3, 0.4) is 0 Å². The largest absolute Gasteiger partial charge is 0.456 e. The molecule has 0 N–H and O–H groups in total. The molecule has 1 atom stereocenters. The third kappa shape index (κ3) is 4.32. The second-order valence-electron chi connectivity index (χ2n) is 12.8. The lowest BCUT2D eigenvalue weighted by atomic mass is 9.82. The van der Waals surface area contributed by atoms with Gasteiger partial charge in [0.15, 0.2) is 24.6 Å². The zero-order valence-corrected chi connectivity index (χ0v) is 27.4. The van der Waals surface area contributed by atoms with Crippen LogP contribution in [0.4, 0.5) is 0 Å². The van der Waals surface area contributed by atoms with Gasteiger partial charge < -0.3 is 9.30 Å². The Labute approximate surface area is 279 Å². The van der Waals surface area contributed by atoms with Gasteiger partial charge in [0, 0.05) is 27.4 Å². The number of rotatable bonds is 4. The van der Waals surface area contributed by atoms with Crippen LogP contribution in [0, 0.1) is 0 Å². The van der Waals surface area contributed by atoms with E-state index in [0.29, 0.717) is 29.0 Å². The van der Waals surface area contributed by atoms with E-state index in [1.807, 2.05) is 115 Å². The first-order valence-electron chi connectivity index (χ1n) is 16.1. The second-order valence-corrected chi connectivity index (χ2v) is 15.5. The Hall–Kier alpha value is -5.64. The van der Waals surface area contributed by atoms with Gasteiger partial charge in [0.25, 0.3) is 0 Å². The Morgan fingerprint density at radius 3 is 1.69 bits per heavy atom. The highest BCUT2D eigenvalue weighted by atomic mass is 31.2. The average molecular weight is 640 g/mol. The molecule has 0 amide bonds. The van der Waals surface area contributed by atoms with Crippen molar-refractivity contribution in [3.05, 3.63) is 157 Å². The molecule has 48 heavy (non-hydrogen) atoms. The van der Waals surface area contributed by atoms with Crippen molar-refractivity contribution in [2.24, 2.45) is 0 Å². The number of para-hydroxylation sites is 1. The van der Waals surface area contributed by atoms with Gasteiger partial charge in [0.1, 0.15) is 11.5 Å². The molecule has 0 spiro atoms. The summed E-state index contributed by atoms with van der Waals surface area (Å²) in [7, 11) is -3.21. The van der Waals surface area contributed by atoms with E-state index in [1.165, 1.54) is 0 Å². The fourth-order valence-corrected chi connectivity index (χ4v) is 9.99. The van der Waals surface area contributed by atoms with E-state index in [9.17, 15) is 0 Å². The van der Waals surface area contributed by atoms with Gasteiger partial charge in [-0.3, -0.25) is 0 Å². The number of hydrogen-bond acceptors (Lipinski definition) is 5. The lowest BCUT2D eigenvalue weighted by Crippen LogP contribution is -2.31. The topological polar surface area (TPSA) is 65.0 Å². The number of fused-ring (bicyclic) bond motifs is 5. The van der Waals surface area contributed by atoms with Crippen LogP contribution >= 0.6 is 7.14 Å². The fraction of sp³-hybridized carbons (Fsp3) is 0.0714. The van der Waals surface area contributed by atoms with Gasteiger partial charge in [-0.1, -0.05) is 129 Å². The lowest BCUT2D eigenvalue weighted by Gasteiger charge is -2.31. The van der Waals surface area contributed by atoms with E-state index in [-0.39, 0.29) is 5.41 Å². The highest BCUT2D eigenvalue weighted by Gasteiger charge is 2.43. The zero-order valence-electron chi connectivity index (χ0n) is 26.5. The van der Waals surface area contributed by atoms with E-state index in [4.69, 9.17) is 19.7 Å². The molecule has 0 saturated carbocycles. The van der Waals surface area contributed by atoms with Gasteiger partial charge in [-0.05, 0) is 52.6 Å². The molecule has 2 aliphatic rings. The van der Waals surface area contributed by atoms with Gasteiger partial charge >= 0.3 is 0 Å². The summed E-state index contributed by atoms with van der Waals surface area (Å²) in [6, 6.07) is 48.2. The molecule has 1 unspecified atom stereocenters. The maximum atomic E-state index is 15.4. The van der Waals surface area contributed by atoms with Gasteiger partial charge in [-0.2, -0.15) is 0 Å². The van der Waals surface area contributed by atoms with Crippen molar-refractivity contribution in [2.45, 2.75) is 19.3 Å².